The third kappa shape index (κ3) is 7.72. The van der Waals surface area contributed by atoms with Crippen molar-refractivity contribution in [3.05, 3.63) is 11.4 Å². The van der Waals surface area contributed by atoms with Gasteiger partial charge in [0.2, 0.25) is 0 Å². The molecule has 0 fully saturated rings. The minimum Gasteiger partial charge on any atom is -0.507 e. The van der Waals surface area contributed by atoms with E-state index < -0.39 is 16.1 Å². The van der Waals surface area contributed by atoms with Crippen molar-refractivity contribution in [1.29, 1.82) is 0 Å². The predicted octanol–water partition coefficient (Wildman–Crippen LogP) is 1.96. The first-order chi connectivity index (χ1) is 7.77. The van der Waals surface area contributed by atoms with Gasteiger partial charge in [-0.25, -0.2) is 0 Å². The second-order valence-corrected chi connectivity index (χ2v) is 5.66. The molecule has 8 heteroatoms. The Bertz CT molecular complexity index is 448. The molecule has 1 rings (SSSR count). The van der Waals surface area contributed by atoms with E-state index >= 15 is 0 Å². The monoisotopic (exact) mass is 282 g/mol. The Morgan fingerprint density at radius 2 is 2.06 bits per heavy atom. The van der Waals surface area contributed by atoms with Crippen LogP contribution in [0.1, 0.15) is 26.2 Å². The van der Waals surface area contributed by atoms with Gasteiger partial charge in [0, 0.05) is 17.9 Å². The van der Waals surface area contributed by atoms with Gasteiger partial charge in [-0.05, 0) is 6.42 Å². The molecular weight excluding hydrogens is 268 g/mol. The summed E-state index contributed by atoms with van der Waals surface area (Å²) in [4.78, 5) is 9.76. The molecule has 0 unspecified atom stereocenters. The Balaban J connectivity index is 0.000000325. The maximum atomic E-state index is 10.3. The molecule has 1 heterocycles. The number of rotatable bonds is 4. The summed E-state index contributed by atoms with van der Waals surface area (Å²) in [5, 5.41) is 17.9. The van der Waals surface area contributed by atoms with E-state index in [0.717, 1.165) is 30.2 Å². The zero-order chi connectivity index (χ0) is 13.5. The molecule has 3 N–H and O–H groups in total. The maximum absolute atomic E-state index is 10.3. The van der Waals surface area contributed by atoms with E-state index in [-0.39, 0.29) is 9.96 Å². The average Bonchev–Trinajstić information content (AvgIpc) is 2.62. The average molecular weight is 282 g/mol. The topological polar surface area (TPSA) is 112 Å². The maximum Gasteiger partial charge on any atom is 0.304 e. The first kappa shape index (κ1) is 15.9. The van der Waals surface area contributed by atoms with Crippen molar-refractivity contribution in [3.63, 3.8) is 0 Å². The minimum atomic E-state index is -4.12. The van der Waals surface area contributed by atoms with Gasteiger partial charge in [0.1, 0.15) is 5.75 Å². The van der Waals surface area contributed by atoms with E-state index in [9.17, 15) is 13.2 Å². The number of carboxylic acid groups (broad SMARTS) is 1. The molecule has 0 atom stereocenters. The smallest absolute Gasteiger partial charge is 0.304 e. The number of carbonyl (C=O) groups is 1. The van der Waals surface area contributed by atoms with Crippen LogP contribution in [0.2, 0.25) is 0 Å². The fourth-order valence-corrected chi connectivity index (χ4v) is 2.16. The number of thiophene rings is 1. The summed E-state index contributed by atoms with van der Waals surface area (Å²) < 4.78 is 28.7. The van der Waals surface area contributed by atoms with Crippen molar-refractivity contribution >= 4 is 27.4 Å². The highest BCUT2D eigenvalue weighted by molar-refractivity contribution is 7.88. The summed E-state index contributed by atoms with van der Waals surface area (Å²) in [7, 11) is -4.12. The Labute approximate surface area is 103 Å². The molecule has 0 amide bonds. The number of hydrogen-bond donors (Lipinski definition) is 3. The number of unbranched alkanes of at least 4 members (excludes halogenated alkanes) is 1. The molecular formula is C9H14O6S2. The zero-order valence-electron chi connectivity index (χ0n) is 9.16. The molecule has 0 aromatic carbocycles. The van der Waals surface area contributed by atoms with Gasteiger partial charge < -0.3 is 10.2 Å². The van der Waals surface area contributed by atoms with Gasteiger partial charge >= 0.3 is 16.1 Å². The summed E-state index contributed by atoms with van der Waals surface area (Å²) >= 11 is 0.769. The van der Waals surface area contributed by atoms with Crippen molar-refractivity contribution in [1.82, 2.24) is 0 Å². The first-order valence-electron chi connectivity index (χ1n) is 4.74. The molecule has 0 saturated carbocycles. The molecule has 0 aliphatic rings. The Kier molecular flexibility index (Phi) is 6.78. The van der Waals surface area contributed by atoms with Crippen molar-refractivity contribution in [2.75, 3.05) is 0 Å². The summed E-state index contributed by atoms with van der Waals surface area (Å²) in [6, 6.07) is 0.986. The Hall–Kier alpha value is -1.12. The zero-order valence-corrected chi connectivity index (χ0v) is 10.8. The molecule has 6 nitrogen and oxygen atoms in total. The van der Waals surface area contributed by atoms with Crippen molar-refractivity contribution in [2.24, 2.45) is 0 Å². The van der Waals surface area contributed by atoms with Gasteiger partial charge in [0.15, 0.2) is 4.21 Å². The van der Waals surface area contributed by atoms with Crippen LogP contribution >= 0.6 is 11.3 Å². The van der Waals surface area contributed by atoms with E-state index in [4.69, 9.17) is 14.8 Å². The normalized spacial score (nSPS) is 10.5. The van der Waals surface area contributed by atoms with Crippen molar-refractivity contribution < 1.29 is 28.0 Å². The van der Waals surface area contributed by atoms with Crippen LogP contribution in [0.15, 0.2) is 15.7 Å². The highest BCUT2D eigenvalue weighted by atomic mass is 32.3. The lowest BCUT2D eigenvalue weighted by molar-refractivity contribution is -0.137. The predicted molar refractivity (Wildman–Crippen MR) is 63.0 cm³/mol. The van der Waals surface area contributed by atoms with Crippen LogP contribution in [0.5, 0.6) is 5.75 Å². The lowest BCUT2D eigenvalue weighted by Gasteiger charge is -1.85. The second kappa shape index (κ2) is 7.25. The standard InChI is InChI=1S/C5H10O2.C4H4O4S2/c1-2-3-4-5(6)7;5-3-1-4(9-2-3)10(6,7)8/h2-4H2,1H3,(H,6,7);1-2,5H,(H,6,7,8). The van der Waals surface area contributed by atoms with Gasteiger partial charge in [-0.1, -0.05) is 13.3 Å². The number of carboxylic acids is 1. The number of hydrogen-bond acceptors (Lipinski definition) is 5. The van der Waals surface area contributed by atoms with Crippen LogP contribution in [0, 0.1) is 0 Å². The highest BCUT2D eigenvalue weighted by Crippen LogP contribution is 2.23. The Morgan fingerprint density at radius 3 is 2.24 bits per heavy atom. The van der Waals surface area contributed by atoms with Crippen molar-refractivity contribution in [2.45, 2.75) is 30.4 Å². The van der Waals surface area contributed by atoms with Gasteiger partial charge in [-0.15, -0.1) is 11.3 Å². The van der Waals surface area contributed by atoms with E-state index in [1.807, 2.05) is 6.92 Å². The molecule has 0 radical (unpaired) electrons. The lowest BCUT2D eigenvalue weighted by atomic mass is 10.3. The van der Waals surface area contributed by atoms with Gasteiger partial charge in [-0.2, -0.15) is 8.42 Å². The SMILES string of the molecule is CCCCC(=O)O.O=S(=O)(O)c1cc(O)cs1. The molecule has 0 saturated heterocycles. The van der Waals surface area contributed by atoms with Crippen LogP contribution in [0.25, 0.3) is 0 Å². The molecule has 1 aromatic heterocycles. The van der Waals surface area contributed by atoms with Crippen molar-refractivity contribution in [3.8, 4) is 5.75 Å². The van der Waals surface area contributed by atoms with Crippen LogP contribution in [-0.4, -0.2) is 29.2 Å². The molecule has 17 heavy (non-hydrogen) atoms. The quantitative estimate of drug-likeness (QED) is 0.728. The molecule has 0 bridgehead atoms. The largest absolute Gasteiger partial charge is 0.507 e. The number of aliphatic carboxylic acids is 1. The summed E-state index contributed by atoms with van der Waals surface area (Å²) in [6.45, 7) is 1.98. The second-order valence-electron chi connectivity index (χ2n) is 3.10. The van der Waals surface area contributed by atoms with Gasteiger partial charge in [0.05, 0.1) is 0 Å². The molecule has 0 aliphatic heterocycles. The molecule has 98 valence electrons. The van der Waals surface area contributed by atoms with Crippen LogP contribution < -0.4 is 0 Å². The number of aromatic hydroxyl groups is 1. The fraction of sp³-hybridized carbons (Fsp3) is 0.444. The van der Waals surface area contributed by atoms with E-state index in [1.54, 1.807) is 0 Å². The highest BCUT2D eigenvalue weighted by Gasteiger charge is 2.11. The van der Waals surface area contributed by atoms with Crippen LogP contribution in [0.3, 0.4) is 0 Å². The van der Waals surface area contributed by atoms with E-state index in [2.05, 4.69) is 0 Å². The Morgan fingerprint density at radius 1 is 1.47 bits per heavy atom. The van der Waals surface area contributed by atoms with Gasteiger partial charge in [0.25, 0.3) is 0 Å². The van der Waals surface area contributed by atoms with E-state index in [1.165, 1.54) is 5.38 Å². The summed E-state index contributed by atoms with van der Waals surface area (Å²) in [5.41, 5.74) is 0. The summed E-state index contributed by atoms with van der Waals surface area (Å²) in [6.07, 6.45) is 2.08. The first-order valence-corrected chi connectivity index (χ1v) is 7.06. The van der Waals surface area contributed by atoms with Gasteiger partial charge in [-0.3, -0.25) is 9.35 Å². The van der Waals surface area contributed by atoms with E-state index in [0.29, 0.717) is 6.42 Å². The fourth-order valence-electron chi connectivity index (χ4n) is 0.771. The third-order valence-electron chi connectivity index (χ3n) is 1.56. The summed E-state index contributed by atoms with van der Waals surface area (Å²) in [5.74, 6) is -0.848. The van der Waals surface area contributed by atoms with Crippen LogP contribution in [0.4, 0.5) is 0 Å². The molecule has 0 spiro atoms. The lowest BCUT2D eigenvalue weighted by Crippen LogP contribution is -1.92. The third-order valence-corrected chi connectivity index (χ3v) is 3.82. The van der Waals surface area contributed by atoms with Crippen LogP contribution in [-0.2, 0) is 14.9 Å². The minimum absolute atomic E-state index is 0.155. The molecule has 0 aliphatic carbocycles. The molecule has 1 aromatic rings.